The number of nitro groups is 1. The van der Waals surface area contributed by atoms with E-state index in [2.05, 4.69) is 9.97 Å². The van der Waals surface area contributed by atoms with Gasteiger partial charge in [0.1, 0.15) is 10.7 Å². The van der Waals surface area contributed by atoms with E-state index in [0.717, 1.165) is 16.5 Å². The molecule has 3 aromatic heterocycles. The molecule has 0 N–H and O–H groups in total. The number of hydrogen-bond acceptors (Lipinski definition) is 6. The number of pyridine rings is 2. The van der Waals surface area contributed by atoms with E-state index < -0.39 is 27.9 Å². The summed E-state index contributed by atoms with van der Waals surface area (Å²) in [6, 6.07) is 6.46. The van der Waals surface area contributed by atoms with E-state index in [-0.39, 0.29) is 15.7 Å². The molecule has 3 rings (SSSR count). The van der Waals surface area contributed by atoms with Gasteiger partial charge in [-0.15, -0.1) is 0 Å². The smallest absolute Gasteiger partial charge is 0.262 e. The first kappa shape index (κ1) is 16.9. The number of fused-ring (bicyclic) bond motifs is 1. The summed E-state index contributed by atoms with van der Waals surface area (Å²) in [4.78, 5) is 30.3. The lowest BCUT2D eigenvalue weighted by Gasteiger charge is -2.07. The van der Waals surface area contributed by atoms with Gasteiger partial charge in [-0.3, -0.25) is 19.3 Å². The van der Waals surface area contributed by atoms with Crippen molar-refractivity contribution in [2.75, 3.05) is 0 Å². The average Bonchev–Trinajstić information content (AvgIpc) is 2.54. The maximum Gasteiger partial charge on any atom is 0.417 e. The van der Waals surface area contributed by atoms with Gasteiger partial charge in [0.15, 0.2) is 5.03 Å². The second kappa shape index (κ2) is 6.16. The number of nitrogens with zero attached hydrogens (tertiary/aromatic N) is 4. The summed E-state index contributed by atoms with van der Waals surface area (Å²) in [5.41, 5.74) is -2.43. The van der Waals surface area contributed by atoms with E-state index in [1.807, 2.05) is 0 Å². The van der Waals surface area contributed by atoms with Crippen molar-refractivity contribution < 1.29 is 18.1 Å². The lowest BCUT2D eigenvalue weighted by Crippen LogP contribution is -2.19. The van der Waals surface area contributed by atoms with Gasteiger partial charge in [-0.05, 0) is 36.0 Å². The lowest BCUT2D eigenvalue weighted by molar-refractivity contribution is -0.389. The second-order valence-corrected chi connectivity index (χ2v) is 5.75. The van der Waals surface area contributed by atoms with Crippen molar-refractivity contribution in [1.82, 2.24) is 14.4 Å². The van der Waals surface area contributed by atoms with Gasteiger partial charge < -0.3 is 0 Å². The third-order valence-corrected chi connectivity index (χ3v) is 4.05. The minimum Gasteiger partial charge on any atom is -0.262 e. The molecule has 0 fully saturated rings. The number of alkyl halides is 3. The molecule has 0 aliphatic rings. The monoisotopic (exact) mass is 368 g/mol. The molecule has 0 aliphatic carbocycles. The van der Waals surface area contributed by atoms with E-state index in [4.69, 9.17) is 0 Å². The molecule has 0 spiro atoms. The summed E-state index contributed by atoms with van der Waals surface area (Å²) in [7, 11) is 0. The molecule has 0 saturated carbocycles. The zero-order valence-corrected chi connectivity index (χ0v) is 12.9. The van der Waals surface area contributed by atoms with Crippen molar-refractivity contribution in [2.45, 2.75) is 16.2 Å². The van der Waals surface area contributed by atoms with Crippen LogP contribution in [0.3, 0.4) is 0 Å². The predicted octanol–water partition coefficient (Wildman–Crippen LogP) is 3.17. The fourth-order valence-electron chi connectivity index (χ4n) is 1.99. The van der Waals surface area contributed by atoms with Crippen LogP contribution in [0.15, 0.2) is 57.6 Å². The first-order valence-electron chi connectivity index (χ1n) is 6.64. The van der Waals surface area contributed by atoms with Gasteiger partial charge >= 0.3 is 17.4 Å². The molecule has 0 aromatic carbocycles. The van der Waals surface area contributed by atoms with Crippen LogP contribution in [0.1, 0.15) is 5.56 Å². The molecule has 0 atom stereocenters. The topological polar surface area (TPSA) is 90.4 Å². The molecule has 0 saturated heterocycles. The van der Waals surface area contributed by atoms with Gasteiger partial charge in [-0.25, -0.2) is 9.97 Å². The molecule has 0 amide bonds. The molecule has 3 aromatic rings. The van der Waals surface area contributed by atoms with E-state index in [1.165, 1.54) is 18.3 Å². The van der Waals surface area contributed by atoms with Crippen molar-refractivity contribution in [3.05, 3.63) is 68.8 Å². The van der Waals surface area contributed by atoms with Crippen LogP contribution < -0.4 is 5.56 Å². The molecule has 25 heavy (non-hydrogen) atoms. The number of halogens is 3. The summed E-state index contributed by atoms with van der Waals surface area (Å²) in [6.45, 7) is 0. The van der Waals surface area contributed by atoms with Gasteiger partial charge in [0.05, 0.1) is 10.5 Å². The fourth-order valence-corrected chi connectivity index (χ4v) is 2.83. The van der Waals surface area contributed by atoms with Crippen LogP contribution in [0.5, 0.6) is 0 Å². The normalized spacial score (nSPS) is 11.6. The summed E-state index contributed by atoms with van der Waals surface area (Å²) in [5, 5.41) is 11.0. The van der Waals surface area contributed by atoms with Crippen LogP contribution in [0.4, 0.5) is 18.9 Å². The van der Waals surface area contributed by atoms with E-state index >= 15 is 0 Å². The van der Waals surface area contributed by atoms with E-state index in [0.29, 0.717) is 18.0 Å². The van der Waals surface area contributed by atoms with E-state index in [1.54, 1.807) is 6.07 Å². The first-order valence-corrected chi connectivity index (χ1v) is 7.46. The molecule has 0 aliphatic heterocycles. The molecule has 3 heterocycles. The highest BCUT2D eigenvalue weighted by Crippen LogP contribution is 2.33. The Hall–Kier alpha value is -2.95. The Morgan fingerprint density at radius 1 is 1.20 bits per heavy atom. The molecule has 7 nitrogen and oxygen atoms in total. The largest absolute Gasteiger partial charge is 0.417 e. The molecule has 128 valence electrons. The van der Waals surface area contributed by atoms with Crippen molar-refractivity contribution in [1.29, 1.82) is 0 Å². The maximum absolute atomic E-state index is 12.6. The Morgan fingerprint density at radius 2 is 1.96 bits per heavy atom. The Bertz CT molecular complexity index is 1020. The van der Waals surface area contributed by atoms with Gasteiger partial charge in [-0.2, -0.15) is 13.2 Å². The predicted molar refractivity (Wildman–Crippen MR) is 81.5 cm³/mol. The highest BCUT2D eigenvalue weighted by Gasteiger charge is 2.31. The van der Waals surface area contributed by atoms with Gasteiger partial charge in [0.2, 0.25) is 0 Å². The second-order valence-electron chi connectivity index (χ2n) is 4.74. The summed E-state index contributed by atoms with van der Waals surface area (Å²) in [5.74, 6) is 0. The number of hydrogen-bond donors (Lipinski definition) is 0. The van der Waals surface area contributed by atoms with Crippen LogP contribution in [-0.4, -0.2) is 19.3 Å². The highest BCUT2D eigenvalue weighted by molar-refractivity contribution is 7.99. The van der Waals surface area contributed by atoms with Gasteiger partial charge in [0, 0.05) is 12.4 Å². The minimum absolute atomic E-state index is 0.0447. The molecule has 0 unspecified atom stereocenters. The fraction of sp³-hybridized carbons (Fsp3) is 0.0714. The number of rotatable bonds is 3. The molecule has 0 bridgehead atoms. The third-order valence-electron chi connectivity index (χ3n) is 3.13. The van der Waals surface area contributed by atoms with Crippen LogP contribution in [0.25, 0.3) is 5.65 Å². The summed E-state index contributed by atoms with van der Waals surface area (Å²) < 4.78 is 38.7. The van der Waals surface area contributed by atoms with E-state index in [9.17, 15) is 28.1 Å². The molecule has 0 radical (unpaired) electrons. The standard InChI is InChI=1S/C14H7F3N4O3S/c15-14(16,17)8-4-5-10(18-7-8)25-12-11(21(23)24)13(22)20-6-2-1-3-9(20)19-12/h1-7H. The van der Waals surface area contributed by atoms with Gasteiger partial charge in [0.25, 0.3) is 0 Å². The van der Waals surface area contributed by atoms with Crippen molar-refractivity contribution in [3.63, 3.8) is 0 Å². The molecular formula is C14H7F3N4O3S. The SMILES string of the molecule is O=c1c([N+](=O)[O-])c(Sc2ccc(C(F)(F)F)cn2)nc2ccccn12. The minimum atomic E-state index is -4.54. The first-order chi connectivity index (χ1) is 11.8. The van der Waals surface area contributed by atoms with Crippen LogP contribution in [0, 0.1) is 10.1 Å². The quantitative estimate of drug-likeness (QED) is 0.401. The van der Waals surface area contributed by atoms with Crippen molar-refractivity contribution >= 4 is 23.1 Å². The molecule has 11 heteroatoms. The van der Waals surface area contributed by atoms with Crippen LogP contribution in [-0.2, 0) is 6.18 Å². The lowest BCUT2D eigenvalue weighted by atomic mass is 10.3. The number of aromatic nitrogens is 3. The van der Waals surface area contributed by atoms with Crippen LogP contribution in [0.2, 0.25) is 0 Å². The zero-order valence-electron chi connectivity index (χ0n) is 12.1. The zero-order chi connectivity index (χ0) is 18.2. The van der Waals surface area contributed by atoms with Crippen LogP contribution >= 0.6 is 11.8 Å². The Morgan fingerprint density at radius 3 is 2.56 bits per heavy atom. The Labute approximate surface area is 141 Å². The third kappa shape index (κ3) is 3.31. The average molecular weight is 368 g/mol. The summed E-state index contributed by atoms with van der Waals surface area (Å²) >= 11 is 0.646. The van der Waals surface area contributed by atoms with Crippen molar-refractivity contribution in [3.8, 4) is 0 Å². The maximum atomic E-state index is 12.6. The highest BCUT2D eigenvalue weighted by atomic mass is 32.2. The molecular weight excluding hydrogens is 361 g/mol. The Balaban J connectivity index is 2.08. The Kier molecular flexibility index (Phi) is 4.17. The summed E-state index contributed by atoms with van der Waals surface area (Å²) in [6.07, 6.45) is -2.59. The van der Waals surface area contributed by atoms with Gasteiger partial charge in [-0.1, -0.05) is 6.07 Å². The van der Waals surface area contributed by atoms with Crippen molar-refractivity contribution in [2.24, 2.45) is 0 Å².